The molecule has 1 rings (SSSR count). The van der Waals surface area contributed by atoms with Gasteiger partial charge in [0.1, 0.15) is 0 Å². The molecular weight excluding hydrogens is 252 g/mol. The van der Waals surface area contributed by atoms with E-state index in [0.717, 1.165) is 5.56 Å². The maximum Gasteiger partial charge on any atom is 0.0771 e. The second kappa shape index (κ2) is 8.90. The molecule has 0 aliphatic rings. The summed E-state index contributed by atoms with van der Waals surface area (Å²) in [5.74, 6) is -0.227. The molecule has 0 aliphatic heterocycles. The van der Waals surface area contributed by atoms with Crippen molar-refractivity contribution >= 4 is 0 Å². The maximum atomic E-state index is 10.2. The lowest BCUT2D eigenvalue weighted by Gasteiger charge is -2.27. The third kappa shape index (κ3) is 5.45. The summed E-state index contributed by atoms with van der Waals surface area (Å²) in [6, 6.07) is 9.96. The standard InChI is InChI=1S/C17H26O3/c1-4-8-16(18)14(3)17(19)13(2)11-20-12-15-9-6-5-7-10-15/h4-10,13-14,16-19H,11-12H2,1-3H3. The fourth-order valence-electron chi connectivity index (χ4n) is 2.13. The molecule has 0 aromatic heterocycles. The minimum Gasteiger partial charge on any atom is -0.392 e. The van der Waals surface area contributed by atoms with Gasteiger partial charge in [-0.2, -0.15) is 0 Å². The highest BCUT2D eigenvalue weighted by Crippen LogP contribution is 2.18. The van der Waals surface area contributed by atoms with E-state index in [-0.39, 0.29) is 11.8 Å². The number of hydrogen-bond donors (Lipinski definition) is 2. The molecule has 0 radical (unpaired) electrons. The molecule has 4 unspecified atom stereocenters. The fraction of sp³-hybridized carbons (Fsp3) is 0.529. The highest BCUT2D eigenvalue weighted by atomic mass is 16.5. The first-order valence-corrected chi connectivity index (χ1v) is 7.16. The monoisotopic (exact) mass is 278 g/mol. The molecule has 0 saturated carbocycles. The molecule has 2 N–H and O–H groups in total. The molecule has 0 amide bonds. The summed E-state index contributed by atoms with van der Waals surface area (Å²) in [5, 5.41) is 20.1. The van der Waals surface area contributed by atoms with E-state index in [1.807, 2.05) is 51.1 Å². The van der Waals surface area contributed by atoms with Crippen molar-refractivity contribution in [2.75, 3.05) is 6.61 Å². The average Bonchev–Trinajstić information content (AvgIpc) is 2.47. The van der Waals surface area contributed by atoms with Crippen LogP contribution in [0.1, 0.15) is 26.3 Å². The molecule has 1 aromatic rings. The van der Waals surface area contributed by atoms with Crippen molar-refractivity contribution in [2.24, 2.45) is 11.8 Å². The molecule has 0 saturated heterocycles. The van der Waals surface area contributed by atoms with Crippen LogP contribution in [0, 0.1) is 11.8 Å². The van der Waals surface area contributed by atoms with Gasteiger partial charge in [-0.1, -0.05) is 56.3 Å². The van der Waals surface area contributed by atoms with E-state index in [1.165, 1.54) is 0 Å². The minimum atomic E-state index is -0.619. The zero-order valence-corrected chi connectivity index (χ0v) is 12.6. The lowest BCUT2D eigenvalue weighted by atomic mass is 9.89. The Labute approximate surface area is 121 Å². The van der Waals surface area contributed by atoms with Crippen molar-refractivity contribution in [2.45, 2.75) is 39.6 Å². The molecule has 112 valence electrons. The fourth-order valence-corrected chi connectivity index (χ4v) is 2.13. The largest absolute Gasteiger partial charge is 0.392 e. The van der Waals surface area contributed by atoms with Crippen molar-refractivity contribution < 1.29 is 14.9 Å². The van der Waals surface area contributed by atoms with Crippen LogP contribution < -0.4 is 0 Å². The van der Waals surface area contributed by atoms with Gasteiger partial charge in [0.05, 0.1) is 25.4 Å². The van der Waals surface area contributed by atoms with Crippen molar-refractivity contribution in [3.05, 3.63) is 48.0 Å². The van der Waals surface area contributed by atoms with Gasteiger partial charge in [0.25, 0.3) is 0 Å². The molecule has 3 nitrogen and oxygen atoms in total. The summed E-state index contributed by atoms with van der Waals surface area (Å²) in [4.78, 5) is 0. The first-order valence-electron chi connectivity index (χ1n) is 7.16. The van der Waals surface area contributed by atoms with E-state index in [1.54, 1.807) is 12.2 Å². The van der Waals surface area contributed by atoms with Crippen molar-refractivity contribution in [1.82, 2.24) is 0 Å². The van der Waals surface area contributed by atoms with E-state index in [4.69, 9.17) is 4.74 Å². The molecule has 0 aliphatic carbocycles. The van der Waals surface area contributed by atoms with Crippen molar-refractivity contribution in [3.63, 3.8) is 0 Å². The van der Waals surface area contributed by atoms with Crippen LogP contribution in [0.2, 0.25) is 0 Å². The number of aliphatic hydroxyl groups excluding tert-OH is 2. The molecule has 1 aromatic carbocycles. The van der Waals surface area contributed by atoms with Crippen molar-refractivity contribution in [3.8, 4) is 0 Å². The van der Waals surface area contributed by atoms with E-state index in [0.29, 0.717) is 13.2 Å². The predicted octanol–water partition coefficient (Wildman–Crippen LogP) is 2.77. The Morgan fingerprint density at radius 1 is 1.15 bits per heavy atom. The Hall–Kier alpha value is -1.16. The van der Waals surface area contributed by atoms with E-state index in [2.05, 4.69) is 0 Å². The van der Waals surface area contributed by atoms with Crippen molar-refractivity contribution in [1.29, 1.82) is 0 Å². The van der Waals surface area contributed by atoms with Gasteiger partial charge in [-0.15, -0.1) is 0 Å². The molecular formula is C17H26O3. The maximum absolute atomic E-state index is 10.2. The topological polar surface area (TPSA) is 49.7 Å². The van der Waals surface area contributed by atoms with Gasteiger partial charge in [-0.25, -0.2) is 0 Å². The van der Waals surface area contributed by atoms with Gasteiger partial charge < -0.3 is 14.9 Å². The zero-order valence-electron chi connectivity index (χ0n) is 12.6. The Balaban J connectivity index is 2.36. The lowest BCUT2D eigenvalue weighted by Crippen LogP contribution is -2.35. The summed E-state index contributed by atoms with van der Waals surface area (Å²) in [6.07, 6.45) is 2.29. The summed E-state index contributed by atoms with van der Waals surface area (Å²) in [7, 11) is 0. The van der Waals surface area contributed by atoms with Crippen LogP contribution in [-0.4, -0.2) is 29.0 Å². The number of allylic oxidation sites excluding steroid dienone is 1. The molecule has 0 bridgehead atoms. The van der Waals surface area contributed by atoms with Crippen LogP contribution >= 0.6 is 0 Å². The SMILES string of the molecule is CC=CC(O)C(C)C(O)C(C)COCc1ccccc1. The predicted molar refractivity (Wildman–Crippen MR) is 81.3 cm³/mol. The zero-order chi connectivity index (χ0) is 15.0. The number of aliphatic hydroxyl groups is 2. The Kier molecular flexibility index (Phi) is 7.52. The van der Waals surface area contributed by atoms with Gasteiger partial charge in [-0.05, 0) is 12.5 Å². The highest BCUT2D eigenvalue weighted by molar-refractivity contribution is 5.13. The third-order valence-corrected chi connectivity index (χ3v) is 3.54. The van der Waals surface area contributed by atoms with Gasteiger partial charge in [0.2, 0.25) is 0 Å². The van der Waals surface area contributed by atoms with Gasteiger partial charge in [0, 0.05) is 11.8 Å². The van der Waals surface area contributed by atoms with Gasteiger partial charge >= 0.3 is 0 Å². The lowest BCUT2D eigenvalue weighted by molar-refractivity contribution is -0.0230. The van der Waals surface area contributed by atoms with Crippen LogP contribution in [0.5, 0.6) is 0 Å². The van der Waals surface area contributed by atoms with Crippen LogP contribution in [0.15, 0.2) is 42.5 Å². The first kappa shape index (κ1) is 16.9. The van der Waals surface area contributed by atoms with Crippen LogP contribution in [-0.2, 0) is 11.3 Å². The number of rotatable bonds is 8. The Bertz CT molecular complexity index is 388. The van der Waals surface area contributed by atoms with E-state index in [9.17, 15) is 10.2 Å². The number of ether oxygens (including phenoxy) is 1. The average molecular weight is 278 g/mol. The summed E-state index contributed by atoms with van der Waals surface area (Å²) in [5.41, 5.74) is 1.12. The van der Waals surface area contributed by atoms with Crippen LogP contribution in [0.25, 0.3) is 0 Å². The summed E-state index contributed by atoms with van der Waals surface area (Å²) < 4.78 is 5.63. The molecule has 4 atom stereocenters. The summed E-state index contributed by atoms with van der Waals surface area (Å²) >= 11 is 0. The first-order chi connectivity index (χ1) is 9.56. The smallest absolute Gasteiger partial charge is 0.0771 e. The van der Waals surface area contributed by atoms with Gasteiger partial charge in [0.15, 0.2) is 0 Å². The number of benzene rings is 1. The van der Waals surface area contributed by atoms with Crippen LogP contribution in [0.3, 0.4) is 0 Å². The quantitative estimate of drug-likeness (QED) is 0.719. The van der Waals surface area contributed by atoms with Gasteiger partial charge in [-0.3, -0.25) is 0 Å². The van der Waals surface area contributed by atoms with Crippen LogP contribution in [0.4, 0.5) is 0 Å². The van der Waals surface area contributed by atoms with E-state index >= 15 is 0 Å². The second-order valence-corrected chi connectivity index (χ2v) is 5.34. The third-order valence-electron chi connectivity index (χ3n) is 3.54. The molecule has 0 spiro atoms. The Morgan fingerprint density at radius 3 is 2.40 bits per heavy atom. The molecule has 0 fully saturated rings. The minimum absolute atomic E-state index is 0.0198. The normalized spacial score (nSPS) is 17.9. The molecule has 20 heavy (non-hydrogen) atoms. The highest BCUT2D eigenvalue weighted by Gasteiger charge is 2.25. The molecule has 3 heteroatoms. The second-order valence-electron chi connectivity index (χ2n) is 5.34. The molecule has 0 heterocycles. The summed E-state index contributed by atoms with van der Waals surface area (Å²) in [6.45, 7) is 6.67. The Morgan fingerprint density at radius 2 is 1.80 bits per heavy atom. The number of hydrogen-bond acceptors (Lipinski definition) is 3. The van der Waals surface area contributed by atoms with E-state index < -0.39 is 12.2 Å².